The van der Waals surface area contributed by atoms with Gasteiger partial charge in [0.1, 0.15) is 18.1 Å². The molecule has 0 radical (unpaired) electrons. The SMILES string of the molecule is Cc1ccc(NC(=O)[C@H](CCCNC(N)=O)NC(=O)[C@@H](NC(=O)[C@H](CCCCNC(=O)CC[C@@H](NC(C)(C)C)C(=O)C(C)(C)C)NC(=O)CC(C)C)C(C)C)cc1. The van der Waals surface area contributed by atoms with Crippen LogP contribution in [0.15, 0.2) is 24.3 Å². The number of hydrogen-bond donors (Lipinski definition) is 8. The molecule has 0 saturated heterocycles. The molecule has 15 heteroatoms. The number of Topliss-reactive ketones (excluding diaryl/α,β-unsaturated/α-hetero) is 1. The van der Waals surface area contributed by atoms with Crippen LogP contribution in [0.4, 0.5) is 10.5 Å². The average molecular weight is 801 g/mol. The van der Waals surface area contributed by atoms with Gasteiger partial charge < -0.3 is 43.0 Å². The van der Waals surface area contributed by atoms with Crippen LogP contribution in [0.25, 0.3) is 0 Å². The largest absolute Gasteiger partial charge is 0.356 e. The zero-order valence-electron chi connectivity index (χ0n) is 36.3. The molecule has 15 nitrogen and oxygen atoms in total. The van der Waals surface area contributed by atoms with Crippen molar-refractivity contribution in [2.24, 2.45) is 23.0 Å². The van der Waals surface area contributed by atoms with Gasteiger partial charge in [-0.2, -0.15) is 0 Å². The Labute approximate surface area is 340 Å². The van der Waals surface area contributed by atoms with Crippen molar-refractivity contribution in [3.8, 4) is 0 Å². The number of carbonyl (C=O) groups is 7. The Bertz CT molecular complexity index is 1480. The van der Waals surface area contributed by atoms with Crippen LogP contribution in [0.1, 0.15) is 126 Å². The van der Waals surface area contributed by atoms with Crippen LogP contribution < -0.4 is 43.0 Å². The molecule has 0 spiro atoms. The molecule has 4 atom stereocenters. The molecule has 0 aromatic heterocycles. The highest BCUT2D eigenvalue weighted by atomic mass is 16.2. The summed E-state index contributed by atoms with van der Waals surface area (Å²) in [7, 11) is 0. The number of carbonyl (C=O) groups excluding carboxylic acids is 7. The highest BCUT2D eigenvalue weighted by molar-refractivity contribution is 5.99. The van der Waals surface area contributed by atoms with Gasteiger partial charge in [-0.25, -0.2) is 4.79 Å². The number of unbranched alkanes of at least 4 members (excludes halogenated alkanes) is 1. The Morgan fingerprint density at radius 1 is 0.649 bits per heavy atom. The van der Waals surface area contributed by atoms with Gasteiger partial charge >= 0.3 is 6.03 Å². The molecular weight excluding hydrogens is 729 g/mol. The highest BCUT2D eigenvalue weighted by Crippen LogP contribution is 2.21. The fourth-order valence-electron chi connectivity index (χ4n) is 5.98. The van der Waals surface area contributed by atoms with E-state index in [1.807, 2.05) is 74.4 Å². The van der Waals surface area contributed by atoms with Gasteiger partial charge in [0.25, 0.3) is 0 Å². The lowest BCUT2D eigenvalue weighted by Crippen LogP contribution is -2.57. The molecule has 0 saturated carbocycles. The predicted octanol–water partition coefficient (Wildman–Crippen LogP) is 3.98. The van der Waals surface area contributed by atoms with E-state index in [1.165, 1.54) is 0 Å². The lowest BCUT2D eigenvalue weighted by Gasteiger charge is -2.31. The van der Waals surface area contributed by atoms with Crippen molar-refractivity contribution in [1.29, 1.82) is 0 Å². The summed E-state index contributed by atoms with van der Waals surface area (Å²) < 4.78 is 0. The number of anilines is 1. The van der Waals surface area contributed by atoms with Crippen LogP contribution in [0.3, 0.4) is 0 Å². The Hall–Kier alpha value is -4.53. The van der Waals surface area contributed by atoms with E-state index in [0.717, 1.165) is 5.56 Å². The Morgan fingerprint density at radius 3 is 1.77 bits per heavy atom. The summed E-state index contributed by atoms with van der Waals surface area (Å²) in [5.74, 6) is -2.36. The first-order valence-corrected chi connectivity index (χ1v) is 20.3. The Morgan fingerprint density at radius 2 is 1.23 bits per heavy atom. The van der Waals surface area contributed by atoms with Gasteiger partial charge in [-0.3, -0.25) is 28.8 Å². The number of nitrogens with one attached hydrogen (secondary N) is 7. The molecule has 0 fully saturated rings. The van der Waals surface area contributed by atoms with E-state index in [0.29, 0.717) is 37.9 Å². The third-order valence-corrected chi connectivity index (χ3v) is 8.98. The lowest BCUT2D eigenvalue weighted by atomic mass is 9.84. The summed E-state index contributed by atoms with van der Waals surface area (Å²) in [5.41, 5.74) is 5.87. The Balaban J connectivity index is 2.98. The molecule has 1 aromatic carbocycles. The van der Waals surface area contributed by atoms with E-state index < -0.39 is 53.3 Å². The van der Waals surface area contributed by atoms with Crippen LogP contribution in [0.5, 0.6) is 0 Å². The van der Waals surface area contributed by atoms with Crippen molar-refractivity contribution < 1.29 is 33.6 Å². The van der Waals surface area contributed by atoms with Crippen molar-refractivity contribution in [2.45, 2.75) is 157 Å². The molecule has 9 N–H and O–H groups in total. The quantitative estimate of drug-likeness (QED) is 0.0712. The van der Waals surface area contributed by atoms with E-state index in [1.54, 1.807) is 26.0 Å². The molecule has 57 heavy (non-hydrogen) atoms. The molecule has 0 heterocycles. The van der Waals surface area contributed by atoms with Gasteiger partial charge in [-0.1, -0.05) is 66.2 Å². The number of amides is 7. The van der Waals surface area contributed by atoms with Gasteiger partial charge in [0.05, 0.1) is 6.04 Å². The number of hydrogen-bond acceptors (Lipinski definition) is 8. The third kappa shape index (κ3) is 21.5. The normalized spacial score (nSPS) is 13.8. The smallest absolute Gasteiger partial charge is 0.312 e. The summed E-state index contributed by atoms with van der Waals surface area (Å²) in [5, 5.41) is 20.0. The number of rotatable bonds is 24. The summed E-state index contributed by atoms with van der Waals surface area (Å²) >= 11 is 0. The first kappa shape index (κ1) is 50.5. The van der Waals surface area contributed by atoms with E-state index >= 15 is 0 Å². The minimum atomic E-state index is -1.04. The van der Waals surface area contributed by atoms with Gasteiger partial charge in [-0.15, -0.1) is 0 Å². The van der Waals surface area contributed by atoms with Crippen molar-refractivity contribution >= 4 is 47.0 Å². The second kappa shape index (κ2) is 24.3. The number of benzene rings is 1. The lowest BCUT2D eigenvalue weighted by molar-refractivity contribution is -0.134. The molecule has 0 aliphatic heterocycles. The van der Waals surface area contributed by atoms with Gasteiger partial charge in [0.15, 0.2) is 5.78 Å². The van der Waals surface area contributed by atoms with E-state index in [2.05, 4.69) is 37.2 Å². The molecule has 1 rings (SSSR count). The minimum Gasteiger partial charge on any atom is -0.356 e. The molecule has 0 aliphatic rings. The summed E-state index contributed by atoms with van der Waals surface area (Å²) in [6.45, 7) is 21.3. The van der Waals surface area contributed by atoms with Gasteiger partial charge in [0, 0.05) is 42.6 Å². The van der Waals surface area contributed by atoms with Crippen LogP contribution in [0.2, 0.25) is 0 Å². The van der Waals surface area contributed by atoms with Gasteiger partial charge in [-0.05, 0) is 90.2 Å². The summed E-state index contributed by atoms with van der Waals surface area (Å²) in [6.07, 6.45) is 2.51. The highest BCUT2D eigenvalue weighted by Gasteiger charge is 2.33. The maximum atomic E-state index is 13.8. The number of aryl methyl sites for hydroxylation is 1. The molecule has 0 bridgehead atoms. The second-order valence-corrected chi connectivity index (χ2v) is 17.7. The van der Waals surface area contributed by atoms with Crippen LogP contribution in [-0.4, -0.2) is 84.1 Å². The topological polar surface area (TPSA) is 230 Å². The number of urea groups is 1. The fourth-order valence-corrected chi connectivity index (χ4v) is 5.98. The standard InChI is InChI=1S/C42H72N8O7/c1-26(2)25-34(52)47-31(15-12-13-23-44-33(51)22-21-30(50-42(9,10)11)36(53)41(6,7)8)38(55)49-35(27(3)4)39(56)48-32(16-14-24-45-40(43)57)37(54)46-29-19-17-28(5)18-20-29/h17-20,26-27,30-32,35,50H,12-16,21-25H2,1-11H3,(H,44,51)(H,46,54)(H,47,52)(H,48,56)(H,49,55)(H3,43,45,57)/t30-,31+,32+,35+/m1/s1. The van der Waals surface area contributed by atoms with Crippen LogP contribution in [0, 0.1) is 24.2 Å². The predicted molar refractivity (Wildman–Crippen MR) is 224 cm³/mol. The van der Waals surface area contributed by atoms with Crippen molar-refractivity contribution in [3.05, 3.63) is 29.8 Å². The molecule has 0 unspecified atom stereocenters. The first-order valence-electron chi connectivity index (χ1n) is 20.3. The molecule has 1 aromatic rings. The zero-order chi connectivity index (χ0) is 43.5. The summed E-state index contributed by atoms with van der Waals surface area (Å²) in [4.78, 5) is 90.7. The average Bonchev–Trinajstić information content (AvgIpc) is 3.08. The minimum absolute atomic E-state index is 0.0456. The Kier molecular flexibility index (Phi) is 21.5. The van der Waals surface area contributed by atoms with Crippen LogP contribution in [-0.2, 0) is 28.8 Å². The molecule has 7 amide bonds. The monoisotopic (exact) mass is 801 g/mol. The van der Waals surface area contributed by atoms with Crippen LogP contribution >= 0.6 is 0 Å². The summed E-state index contributed by atoms with van der Waals surface area (Å²) in [6, 6.07) is 3.03. The number of ketones is 1. The van der Waals surface area contributed by atoms with Crippen molar-refractivity contribution in [2.75, 3.05) is 18.4 Å². The van der Waals surface area contributed by atoms with E-state index in [4.69, 9.17) is 5.73 Å². The molecule has 0 aliphatic carbocycles. The zero-order valence-corrected chi connectivity index (χ0v) is 36.3. The number of primary amides is 1. The third-order valence-electron chi connectivity index (χ3n) is 8.98. The number of nitrogens with two attached hydrogens (primary N) is 1. The second-order valence-electron chi connectivity index (χ2n) is 17.7. The maximum absolute atomic E-state index is 13.8. The molecular formula is C42H72N8O7. The first-order chi connectivity index (χ1) is 26.4. The molecule has 322 valence electrons. The fraction of sp³-hybridized carbons (Fsp3) is 0.690. The van der Waals surface area contributed by atoms with Crippen molar-refractivity contribution in [3.63, 3.8) is 0 Å². The van der Waals surface area contributed by atoms with E-state index in [9.17, 15) is 33.6 Å². The van der Waals surface area contributed by atoms with Gasteiger partial charge in [0.2, 0.25) is 29.5 Å². The van der Waals surface area contributed by atoms with E-state index in [-0.39, 0.29) is 67.2 Å². The van der Waals surface area contributed by atoms with Crippen molar-refractivity contribution in [1.82, 2.24) is 31.9 Å². The maximum Gasteiger partial charge on any atom is 0.312 e.